The molecule has 2 N–H and O–H groups in total. The van der Waals surface area contributed by atoms with Crippen molar-refractivity contribution in [2.24, 2.45) is 5.92 Å². The van der Waals surface area contributed by atoms with Crippen LogP contribution >= 0.6 is 0 Å². The van der Waals surface area contributed by atoms with Gasteiger partial charge in [-0.05, 0) is 37.7 Å². The predicted molar refractivity (Wildman–Crippen MR) is 104 cm³/mol. The van der Waals surface area contributed by atoms with E-state index in [-0.39, 0.29) is 17.2 Å². The maximum atomic E-state index is 15.1. The first-order chi connectivity index (χ1) is 13.5. The Balaban J connectivity index is 1.90. The van der Waals surface area contributed by atoms with Crippen molar-refractivity contribution < 1.29 is 13.9 Å². The summed E-state index contributed by atoms with van der Waals surface area (Å²) in [7, 11) is 3.12. The third-order valence-corrected chi connectivity index (χ3v) is 5.73. The molecule has 1 saturated heterocycles. The number of nitrogens with two attached hydrogens (primary N) is 1. The molecule has 1 aliphatic carbocycles. The summed E-state index contributed by atoms with van der Waals surface area (Å²) in [6.45, 7) is 1.98. The number of rotatable bonds is 5. The molecule has 0 radical (unpaired) electrons. The summed E-state index contributed by atoms with van der Waals surface area (Å²) in [6.07, 6.45) is 3.36. The van der Waals surface area contributed by atoms with Crippen LogP contribution in [0.15, 0.2) is 15.7 Å². The number of hydrogen-bond acceptors (Lipinski definition) is 6. The van der Waals surface area contributed by atoms with Crippen molar-refractivity contribution in [1.82, 2.24) is 9.24 Å². The fourth-order valence-electron chi connectivity index (χ4n) is 4.16. The summed E-state index contributed by atoms with van der Waals surface area (Å²) in [4.78, 5) is 27.1. The van der Waals surface area contributed by atoms with Gasteiger partial charge in [0.2, 0.25) is 0 Å². The molecule has 2 aromatic rings. The lowest BCUT2D eigenvalue weighted by atomic mass is 9.97. The van der Waals surface area contributed by atoms with Gasteiger partial charge in [-0.1, -0.05) is 0 Å². The third kappa shape index (κ3) is 2.94. The Morgan fingerprint density at radius 1 is 1.18 bits per heavy atom. The lowest BCUT2D eigenvalue weighted by Gasteiger charge is -2.34. The molecular weight excluding hydrogens is 367 g/mol. The minimum Gasteiger partial charge on any atom is -0.492 e. The number of benzene rings is 1. The maximum Gasteiger partial charge on any atom is 0.350 e. The van der Waals surface area contributed by atoms with E-state index in [1.807, 2.05) is 4.90 Å². The van der Waals surface area contributed by atoms with Crippen LogP contribution in [0.25, 0.3) is 10.9 Å². The lowest BCUT2D eigenvalue weighted by molar-refractivity contribution is 0.139. The molecule has 28 heavy (non-hydrogen) atoms. The second-order valence-electron chi connectivity index (χ2n) is 7.58. The fourth-order valence-corrected chi connectivity index (χ4v) is 4.16. The van der Waals surface area contributed by atoms with E-state index >= 15 is 4.39 Å². The van der Waals surface area contributed by atoms with Crippen molar-refractivity contribution in [3.8, 4) is 5.75 Å². The zero-order chi connectivity index (χ0) is 20.0. The van der Waals surface area contributed by atoms with Gasteiger partial charge < -0.3 is 20.2 Å². The highest BCUT2D eigenvalue weighted by atomic mass is 19.1. The monoisotopic (exact) mass is 392 g/mol. The van der Waals surface area contributed by atoms with Crippen LogP contribution < -0.4 is 26.7 Å². The molecule has 9 heteroatoms. The van der Waals surface area contributed by atoms with Crippen LogP contribution in [0.4, 0.5) is 10.1 Å². The van der Waals surface area contributed by atoms with Gasteiger partial charge in [0.1, 0.15) is 11.2 Å². The highest BCUT2D eigenvalue weighted by Crippen LogP contribution is 2.43. The summed E-state index contributed by atoms with van der Waals surface area (Å²) < 4.78 is 28.0. The molecule has 0 atom stereocenters. The summed E-state index contributed by atoms with van der Waals surface area (Å²) in [6, 6.07) is 1.13. The quantitative estimate of drug-likeness (QED) is 0.770. The minimum absolute atomic E-state index is 0.0509. The van der Waals surface area contributed by atoms with E-state index in [0.717, 1.165) is 25.7 Å². The Morgan fingerprint density at radius 2 is 1.86 bits per heavy atom. The van der Waals surface area contributed by atoms with Crippen LogP contribution in [-0.4, -0.2) is 43.2 Å². The van der Waals surface area contributed by atoms with Crippen LogP contribution in [0, 0.1) is 11.7 Å². The molecule has 1 aliphatic heterocycles. The summed E-state index contributed by atoms with van der Waals surface area (Å²) in [5.41, 5.74) is -0.694. The summed E-state index contributed by atoms with van der Waals surface area (Å²) in [5, 5.41) is 0.0568. The largest absolute Gasteiger partial charge is 0.492 e. The predicted octanol–water partition coefficient (Wildman–Crippen LogP) is 1.22. The standard InChI is InChI=1S/C19H25FN4O4/c1-27-10-11-5-7-22(8-6-11)16-14(20)9-13-15(17(16)28-2)23(12-3-4-12)19(26)24(21)18(13)25/h9,11-12H,3-8,10,21H2,1-2H3. The van der Waals surface area contributed by atoms with E-state index in [0.29, 0.717) is 41.5 Å². The van der Waals surface area contributed by atoms with Gasteiger partial charge in [-0.15, -0.1) is 0 Å². The molecular formula is C19H25FN4O4. The molecule has 0 unspecified atom stereocenters. The van der Waals surface area contributed by atoms with Gasteiger partial charge >= 0.3 is 5.69 Å². The molecule has 1 saturated carbocycles. The Labute approximate surface area is 161 Å². The van der Waals surface area contributed by atoms with Crippen molar-refractivity contribution in [3.05, 3.63) is 32.7 Å². The number of methoxy groups -OCH3 is 2. The van der Waals surface area contributed by atoms with Crippen LogP contribution in [0.1, 0.15) is 31.7 Å². The van der Waals surface area contributed by atoms with Crippen molar-refractivity contribution in [3.63, 3.8) is 0 Å². The number of aromatic nitrogens is 2. The average Bonchev–Trinajstić information content (AvgIpc) is 3.52. The van der Waals surface area contributed by atoms with E-state index in [1.165, 1.54) is 17.7 Å². The number of hydrogen-bond donors (Lipinski definition) is 1. The Hall–Kier alpha value is -2.55. The van der Waals surface area contributed by atoms with E-state index < -0.39 is 17.1 Å². The average molecular weight is 392 g/mol. The molecule has 0 bridgehead atoms. The van der Waals surface area contributed by atoms with Crippen LogP contribution in [-0.2, 0) is 4.74 Å². The normalized spacial score (nSPS) is 18.0. The molecule has 152 valence electrons. The first-order valence-corrected chi connectivity index (χ1v) is 9.54. The Morgan fingerprint density at radius 3 is 2.43 bits per heavy atom. The van der Waals surface area contributed by atoms with E-state index in [2.05, 4.69) is 0 Å². The topological polar surface area (TPSA) is 91.7 Å². The third-order valence-electron chi connectivity index (χ3n) is 5.73. The number of nitrogens with zero attached hydrogens (tertiary/aromatic N) is 3. The number of anilines is 1. The number of ether oxygens (including phenoxy) is 2. The zero-order valence-electron chi connectivity index (χ0n) is 16.1. The second kappa shape index (κ2) is 7.12. The number of halogens is 1. The number of piperidine rings is 1. The van der Waals surface area contributed by atoms with Crippen LogP contribution in [0.5, 0.6) is 5.75 Å². The van der Waals surface area contributed by atoms with Crippen molar-refractivity contribution >= 4 is 16.6 Å². The SMILES string of the molecule is COCC1CCN(c2c(F)cc3c(=O)n(N)c(=O)n(C4CC4)c3c2OC)CC1. The molecule has 1 aromatic heterocycles. The van der Waals surface area contributed by atoms with Gasteiger partial charge in [0.15, 0.2) is 11.6 Å². The van der Waals surface area contributed by atoms with Crippen molar-refractivity contribution in [1.29, 1.82) is 0 Å². The van der Waals surface area contributed by atoms with Gasteiger partial charge in [0, 0.05) is 32.8 Å². The molecule has 1 aromatic carbocycles. The van der Waals surface area contributed by atoms with Gasteiger partial charge in [-0.25, -0.2) is 9.18 Å². The van der Waals surface area contributed by atoms with Crippen molar-refractivity contribution in [2.75, 3.05) is 44.7 Å². The van der Waals surface area contributed by atoms with E-state index in [4.69, 9.17) is 15.3 Å². The fraction of sp³-hybridized carbons (Fsp3) is 0.579. The first-order valence-electron chi connectivity index (χ1n) is 9.54. The molecule has 2 heterocycles. The molecule has 0 amide bonds. The highest BCUT2D eigenvalue weighted by Gasteiger charge is 2.33. The molecule has 2 aliphatic rings. The lowest BCUT2D eigenvalue weighted by Crippen LogP contribution is -2.44. The molecule has 8 nitrogen and oxygen atoms in total. The summed E-state index contributed by atoms with van der Waals surface area (Å²) >= 11 is 0. The summed E-state index contributed by atoms with van der Waals surface area (Å²) in [5.74, 6) is 5.78. The molecule has 4 rings (SSSR count). The van der Waals surface area contributed by atoms with Gasteiger partial charge in [-0.3, -0.25) is 9.36 Å². The molecule has 2 fully saturated rings. The first kappa shape index (κ1) is 18.8. The van der Waals surface area contributed by atoms with Gasteiger partial charge in [-0.2, -0.15) is 4.68 Å². The Kier molecular flexibility index (Phi) is 4.78. The van der Waals surface area contributed by atoms with Crippen LogP contribution in [0.3, 0.4) is 0 Å². The van der Waals surface area contributed by atoms with Gasteiger partial charge in [0.25, 0.3) is 5.56 Å². The number of nitrogen functional groups attached to an aromatic ring is 1. The van der Waals surface area contributed by atoms with E-state index in [9.17, 15) is 9.59 Å². The smallest absolute Gasteiger partial charge is 0.350 e. The Bertz CT molecular complexity index is 1020. The van der Waals surface area contributed by atoms with Gasteiger partial charge in [0.05, 0.1) is 12.5 Å². The van der Waals surface area contributed by atoms with Crippen LogP contribution in [0.2, 0.25) is 0 Å². The van der Waals surface area contributed by atoms with E-state index in [1.54, 1.807) is 7.11 Å². The maximum absolute atomic E-state index is 15.1. The zero-order valence-corrected chi connectivity index (χ0v) is 16.1. The second-order valence-corrected chi connectivity index (χ2v) is 7.58. The minimum atomic E-state index is -0.723. The van der Waals surface area contributed by atoms with Crippen molar-refractivity contribution in [2.45, 2.75) is 31.7 Å². The number of fused-ring (bicyclic) bond motifs is 1. The highest BCUT2D eigenvalue weighted by molar-refractivity contribution is 5.91. The molecule has 0 spiro atoms.